The summed E-state index contributed by atoms with van der Waals surface area (Å²) in [5.74, 6) is 0.973. The van der Waals surface area contributed by atoms with Gasteiger partial charge in [0.2, 0.25) is 0 Å². The van der Waals surface area contributed by atoms with E-state index in [9.17, 15) is 4.79 Å². The minimum Gasteiger partial charge on any atom is -0.483 e. The van der Waals surface area contributed by atoms with Crippen molar-refractivity contribution in [3.8, 4) is 5.75 Å². The molecule has 2 aromatic rings. The molecule has 0 aliphatic carbocycles. The summed E-state index contributed by atoms with van der Waals surface area (Å²) >= 11 is 2.23. The number of hydrogen-bond donors (Lipinski definition) is 1. The first-order chi connectivity index (χ1) is 10.1. The molecule has 0 spiro atoms. The van der Waals surface area contributed by atoms with Crippen molar-refractivity contribution in [2.45, 2.75) is 19.8 Å². The maximum atomic E-state index is 11.9. The average molecular weight is 395 g/mol. The zero-order chi connectivity index (χ0) is 15.2. The summed E-state index contributed by atoms with van der Waals surface area (Å²) in [5.41, 5.74) is 1.89. The van der Waals surface area contributed by atoms with Crippen LogP contribution in [0.4, 0.5) is 5.69 Å². The lowest BCUT2D eigenvalue weighted by molar-refractivity contribution is -0.118. The summed E-state index contributed by atoms with van der Waals surface area (Å²) in [6.07, 6.45) is 0. The second-order valence-corrected chi connectivity index (χ2v) is 6.28. The summed E-state index contributed by atoms with van der Waals surface area (Å²) in [5, 5.41) is 2.82. The molecule has 0 bridgehead atoms. The van der Waals surface area contributed by atoms with Gasteiger partial charge in [-0.3, -0.25) is 4.79 Å². The molecule has 1 amide bonds. The molecule has 2 rings (SSSR count). The number of para-hydroxylation sites is 1. The molecule has 4 heteroatoms. The molecule has 0 unspecified atom stereocenters. The maximum absolute atomic E-state index is 11.9. The molecule has 3 nitrogen and oxygen atoms in total. The highest BCUT2D eigenvalue weighted by molar-refractivity contribution is 14.1. The third-order valence-electron chi connectivity index (χ3n) is 3.03. The smallest absolute Gasteiger partial charge is 0.262 e. The van der Waals surface area contributed by atoms with Crippen LogP contribution >= 0.6 is 22.6 Å². The molecular weight excluding hydrogens is 377 g/mol. The Labute approximate surface area is 138 Å². The fourth-order valence-electron chi connectivity index (χ4n) is 1.96. The van der Waals surface area contributed by atoms with Crippen molar-refractivity contribution < 1.29 is 9.53 Å². The summed E-state index contributed by atoms with van der Waals surface area (Å²) in [6, 6.07) is 15.5. The lowest BCUT2D eigenvalue weighted by atomic mass is 10.0. The molecule has 0 saturated heterocycles. The Kier molecular flexibility index (Phi) is 5.61. The quantitative estimate of drug-likeness (QED) is 0.761. The highest BCUT2D eigenvalue weighted by Crippen LogP contribution is 2.25. The monoisotopic (exact) mass is 395 g/mol. The summed E-state index contributed by atoms with van der Waals surface area (Å²) in [4.78, 5) is 11.9. The molecular formula is C17H18INO2. The second kappa shape index (κ2) is 7.45. The highest BCUT2D eigenvalue weighted by atomic mass is 127. The van der Waals surface area contributed by atoms with Gasteiger partial charge in [0.1, 0.15) is 5.75 Å². The van der Waals surface area contributed by atoms with Gasteiger partial charge in [-0.15, -0.1) is 0 Å². The SMILES string of the molecule is CC(C)c1ccccc1OCC(=O)Nc1ccc(I)cc1. The summed E-state index contributed by atoms with van der Waals surface area (Å²) in [6.45, 7) is 4.22. The van der Waals surface area contributed by atoms with E-state index in [0.29, 0.717) is 5.92 Å². The van der Waals surface area contributed by atoms with Gasteiger partial charge in [-0.05, 0) is 64.4 Å². The van der Waals surface area contributed by atoms with Crippen LogP contribution in [0.25, 0.3) is 0 Å². The molecule has 110 valence electrons. The van der Waals surface area contributed by atoms with Gasteiger partial charge in [0, 0.05) is 9.26 Å². The Morgan fingerprint density at radius 3 is 2.48 bits per heavy atom. The molecule has 0 radical (unpaired) electrons. The number of amides is 1. The molecule has 0 aliphatic heterocycles. The number of ether oxygens (including phenoxy) is 1. The van der Waals surface area contributed by atoms with Crippen LogP contribution in [-0.4, -0.2) is 12.5 Å². The number of halogens is 1. The Balaban J connectivity index is 1.94. The average Bonchev–Trinajstić information content (AvgIpc) is 2.48. The van der Waals surface area contributed by atoms with E-state index >= 15 is 0 Å². The van der Waals surface area contributed by atoms with E-state index in [1.165, 1.54) is 0 Å². The van der Waals surface area contributed by atoms with E-state index in [1.807, 2.05) is 48.5 Å². The number of carbonyl (C=O) groups excluding carboxylic acids is 1. The van der Waals surface area contributed by atoms with Gasteiger partial charge >= 0.3 is 0 Å². The first-order valence-corrected chi connectivity index (χ1v) is 7.91. The van der Waals surface area contributed by atoms with Crippen molar-refractivity contribution in [1.29, 1.82) is 0 Å². The number of anilines is 1. The highest BCUT2D eigenvalue weighted by Gasteiger charge is 2.09. The van der Waals surface area contributed by atoms with Crippen LogP contribution in [0.15, 0.2) is 48.5 Å². The largest absolute Gasteiger partial charge is 0.483 e. The topological polar surface area (TPSA) is 38.3 Å². The van der Waals surface area contributed by atoms with Gasteiger partial charge in [0.25, 0.3) is 5.91 Å². The molecule has 0 aromatic heterocycles. The zero-order valence-corrected chi connectivity index (χ0v) is 14.3. The second-order valence-electron chi connectivity index (χ2n) is 5.04. The number of carbonyl (C=O) groups is 1. The van der Waals surface area contributed by atoms with Crippen molar-refractivity contribution in [1.82, 2.24) is 0 Å². The fraction of sp³-hybridized carbons (Fsp3) is 0.235. The van der Waals surface area contributed by atoms with Crippen molar-refractivity contribution >= 4 is 34.2 Å². The number of nitrogens with one attached hydrogen (secondary N) is 1. The van der Waals surface area contributed by atoms with Gasteiger partial charge in [-0.25, -0.2) is 0 Å². The Morgan fingerprint density at radius 1 is 1.14 bits per heavy atom. The van der Waals surface area contributed by atoms with Crippen molar-refractivity contribution in [2.24, 2.45) is 0 Å². The van der Waals surface area contributed by atoms with Crippen LogP contribution in [-0.2, 0) is 4.79 Å². The minimum atomic E-state index is -0.158. The normalized spacial score (nSPS) is 10.5. The van der Waals surface area contributed by atoms with Crippen LogP contribution in [0, 0.1) is 3.57 Å². The van der Waals surface area contributed by atoms with Gasteiger partial charge in [-0.2, -0.15) is 0 Å². The van der Waals surface area contributed by atoms with Crippen LogP contribution in [0.2, 0.25) is 0 Å². The third-order valence-corrected chi connectivity index (χ3v) is 3.75. The van der Waals surface area contributed by atoms with Crippen LogP contribution in [0.5, 0.6) is 5.75 Å². The standard InChI is InChI=1S/C17H18INO2/c1-12(2)15-5-3-4-6-16(15)21-11-17(20)19-14-9-7-13(18)8-10-14/h3-10,12H,11H2,1-2H3,(H,19,20). The van der Waals surface area contributed by atoms with Crippen molar-refractivity contribution in [3.05, 3.63) is 57.7 Å². The Morgan fingerprint density at radius 2 is 1.81 bits per heavy atom. The van der Waals surface area contributed by atoms with Gasteiger partial charge in [-0.1, -0.05) is 32.0 Å². The molecule has 0 aliphatic rings. The van der Waals surface area contributed by atoms with E-state index in [1.54, 1.807) is 0 Å². The predicted molar refractivity (Wildman–Crippen MR) is 93.8 cm³/mol. The van der Waals surface area contributed by atoms with Crippen LogP contribution < -0.4 is 10.1 Å². The van der Waals surface area contributed by atoms with E-state index in [2.05, 4.69) is 41.8 Å². The van der Waals surface area contributed by atoms with E-state index in [-0.39, 0.29) is 12.5 Å². The lowest BCUT2D eigenvalue weighted by Crippen LogP contribution is -2.20. The first-order valence-electron chi connectivity index (χ1n) is 6.83. The van der Waals surface area contributed by atoms with E-state index in [0.717, 1.165) is 20.6 Å². The van der Waals surface area contributed by atoms with E-state index in [4.69, 9.17) is 4.74 Å². The number of benzene rings is 2. The van der Waals surface area contributed by atoms with E-state index < -0.39 is 0 Å². The number of rotatable bonds is 5. The molecule has 0 fully saturated rings. The molecule has 21 heavy (non-hydrogen) atoms. The van der Waals surface area contributed by atoms with Gasteiger partial charge in [0.15, 0.2) is 6.61 Å². The van der Waals surface area contributed by atoms with Gasteiger partial charge < -0.3 is 10.1 Å². The zero-order valence-electron chi connectivity index (χ0n) is 12.1. The molecule has 0 saturated carbocycles. The predicted octanol–water partition coefficient (Wildman–Crippen LogP) is 4.43. The fourth-order valence-corrected chi connectivity index (χ4v) is 2.32. The van der Waals surface area contributed by atoms with Crippen LogP contribution in [0.1, 0.15) is 25.3 Å². The Hall–Kier alpha value is -1.56. The van der Waals surface area contributed by atoms with Crippen molar-refractivity contribution in [2.75, 3.05) is 11.9 Å². The minimum absolute atomic E-state index is 0.00964. The summed E-state index contributed by atoms with van der Waals surface area (Å²) < 4.78 is 6.77. The third kappa shape index (κ3) is 4.74. The lowest BCUT2D eigenvalue weighted by Gasteiger charge is -2.13. The molecule has 2 aromatic carbocycles. The number of hydrogen-bond acceptors (Lipinski definition) is 2. The van der Waals surface area contributed by atoms with Crippen molar-refractivity contribution in [3.63, 3.8) is 0 Å². The molecule has 0 heterocycles. The molecule has 1 N–H and O–H groups in total. The van der Waals surface area contributed by atoms with Crippen LogP contribution in [0.3, 0.4) is 0 Å². The first kappa shape index (κ1) is 15.8. The van der Waals surface area contributed by atoms with Gasteiger partial charge in [0.05, 0.1) is 0 Å². The summed E-state index contributed by atoms with van der Waals surface area (Å²) in [7, 11) is 0. The maximum Gasteiger partial charge on any atom is 0.262 e. The Bertz CT molecular complexity index is 608. The molecule has 0 atom stereocenters.